The Balaban J connectivity index is 1.28. The SMILES string of the molecule is CN(CC(=O)Nc1ccc(N2CCOCC2)cc1)C(=O)C1COc2ccccc2C1. The van der Waals surface area contributed by atoms with E-state index in [1.807, 2.05) is 48.5 Å². The predicted molar refractivity (Wildman–Crippen MR) is 115 cm³/mol. The Morgan fingerprint density at radius 3 is 2.60 bits per heavy atom. The van der Waals surface area contributed by atoms with Crippen molar-refractivity contribution < 1.29 is 19.1 Å². The summed E-state index contributed by atoms with van der Waals surface area (Å²) in [5, 5.41) is 2.87. The van der Waals surface area contributed by atoms with Gasteiger partial charge in [-0.3, -0.25) is 9.59 Å². The minimum atomic E-state index is -0.273. The summed E-state index contributed by atoms with van der Waals surface area (Å²) in [7, 11) is 1.66. The Hall–Kier alpha value is -3.06. The second kappa shape index (κ2) is 9.17. The minimum Gasteiger partial charge on any atom is -0.492 e. The van der Waals surface area contributed by atoms with Crippen molar-refractivity contribution in [3.8, 4) is 5.75 Å². The zero-order valence-electron chi connectivity index (χ0n) is 17.2. The van der Waals surface area contributed by atoms with E-state index in [-0.39, 0.29) is 24.3 Å². The maximum absolute atomic E-state index is 12.8. The van der Waals surface area contributed by atoms with Crippen LogP contribution in [0.5, 0.6) is 5.75 Å². The first-order valence-electron chi connectivity index (χ1n) is 10.3. The number of benzene rings is 2. The molecule has 2 aliphatic heterocycles. The van der Waals surface area contributed by atoms with E-state index in [1.165, 1.54) is 4.90 Å². The molecule has 0 radical (unpaired) electrons. The molecular weight excluding hydrogens is 382 g/mol. The number of likely N-dealkylation sites (N-methyl/N-ethyl adjacent to an activating group) is 1. The van der Waals surface area contributed by atoms with Gasteiger partial charge >= 0.3 is 0 Å². The maximum Gasteiger partial charge on any atom is 0.243 e. The highest BCUT2D eigenvalue weighted by Gasteiger charge is 2.28. The van der Waals surface area contributed by atoms with Gasteiger partial charge in [-0.05, 0) is 42.3 Å². The molecule has 0 bridgehead atoms. The van der Waals surface area contributed by atoms with Crippen LogP contribution >= 0.6 is 0 Å². The van der Waals surface area contributed by atoms with Crippen molar-refractivity contribution >= 4 is 23.2 Å². The lowest BCUT2D eigenvalue weighted by Gasteiger charge is -2.29. The summed E-state index contributed by atoms with van der Waals surface area (Å²) in [5.41, 5.74) is 2.86. The summed E-state index contributed by atoms with van der Waals surface area (Å²) in [6.45, 7) is 3.54. The normalized spacial score (nSPS) is 18.2. The van der Waals surface area contributed by atoms with Crippen LogP contribution in [-0.4, -0.2) is 63.2 Å². The standard InChI is InChI=1S/C23H27N3O4/c1-25(23(28)18-14-17-4-2-3-5-21(17)30-16-18)15-22(27)24-19-6-8-20(9-7-19)26-10-12-29-13-11-26/h2-9,18H,10-16H2,1H3,(H,24,27). The van der Waals surface area contributed by atoms with E-state index in [0.29, 0.717) is 18.7 Å². The Morgan fingerprint density at radius 2 is 1.83 bits per heavy atom. The number of ether oxygens (including phenoxy) is 2. The number of hydrogen-bond acceptors (Lipinski definition) is 5. The monoisotopic (exact) mass is 409 g/mol. The number of amides is 2. The van der Waals surface area contributed by atoms with Gasteiger partial charge in [0.25, 0.3) is 0 Å². The average Bonchev–Trinajstić information content (AvgIpc) is 2.79. The second-order valence-corrected chi connectivity index (χ2v) is 7.71. The molecule has 1 N–H and O–H groups in total. The van der Waals surface area contributed by atoms with Gasteiger partial charge < -0.3 is 24.6 Å². The molecule has 2 aromatic rings. The van der Waals surface area contributed by atoms with Gasteiger partial charge in [0, 0.05) is 31.5 Å². The molecule has 0 aromatic heterocycles. The third kappa shape index (κ3) is 4.74. The Bertz CT molecular complexity index is 894. The Kier molecular flexibility index (Phi) is 6.18. The maximum atomic E-state index is 12.8. The van der Waals surface area contributed by atoms with E-state index in [4.69, 9.17) is 9.47 Å². The van der Waals surface area contributed by atoms with E-state index in [2.05, 4.69) is 10.2 Å². The number of carbonyl (C=O) groups is 2. The molecule has 2 aliphatic rings. The van der Waals surface area contributed by atoms with Crippen LogP contribution in [0.15, 0.2) is 48.5 Å². The lowest BCUT2D eigenvalue weighted by Crippen LogP contribution is -2.42. The van der Waals surface area contributed by atoms with Crippen LogP contribution in [0.3, 0.4) is 0 Å². The third-order valence-electron chi connectivity index (χ3n) is 5.51. The number of hydrogen-bond donors (Lipinski definition) is 1. The van der Waals surface area contributed by atoms with Crippen LogP contribution in [0.25, 0.3) is 0 Å². The fourth-order valence-electron chi connectivity index (χ4n) is 3.87. The Labute approximate surface area is 176 Å². The van der Waals surface area contributed by atoms with Crippen LogP contribution in [0.1, 0.15) is 5.56 Å². The summed E-state index contributed by atoms with van der Waals surface area (Å²) < 4.78 is 11.1. The first-order chi connectivity index (χ1) is 14.6. The zero-order chi connectivity index (χ0) is 20.9. The van der Waals surface area contributed by atoms with Crippen molar-refractivity contribution in [3.05, 3.63) is 54.1 Å². The van der Waals surface area contributed by atoms with Crippen LogP contribution in [0, 0.1) is 5.92 Å². The lowest BCUT2D eigenvalue weighted by atomic mass is 9.95. The van der Waals surface area contributed by atoms with E-state index in [9.17, 15) is 9.59 Å². The number of nitrogens with zero attached hydrogens (tertiary/aromatic N) is 2. The fraction of sp³-hybridized carbons (Fsp3) is 0.391. The quantitative estimate of drug-likeness (QED) is 0.820. The first-order valence-corrected chi connectivity index (χ1v) is 10.3. The average molecular weight is 409 g/mol. The van der Waals surface area contributed by atoms with Crippen LogP contribution in [-0.2, 0) is 20.7 Å². The molecule has 158 valence electrons. The van der Waals surface area contributed by atoms with E-state index < -0.39 is 0 Å². The molecule has 0 spiro atoms. The number of nitrogens with one attached hydrogen (secondary N) is 1. The molecule has 0 aliphatic carbocycles. The van der Waals surface area contributed by atoms with E-state index in [0.717, 1.165) is 43.3 Å². The number of anilines is 2. The largest absolute Gasteiger partial charge is 0.492 e. The molecule has 7 heteroatoms. The van der Waals surface area contributed by atoms with Gasteiger partial charge in [-0.1, -0.05) is 18.2 Å². The van der Waals surface area contributed by atoms with Gasteiger partial charge in [-0.25, -0.2) is 0 Å². The van der Waals surface area contributed by atoms with Gasteiger partial charge in [0.15, 0.2) is 0 Å². The number of fused-ring (bicyclic) bond motifs is 1. The molecule has 0 saturated carbocycles. The fourth-order valence-corrected chi connectivity index (χ4v) is 3.87. The van der Waals surface area contributed by atoms with Gasteiger partial charge in [0.1, 0.15) is 12.4 Å². The predicted octanol–water partition coefficient (Wildman–Crippen LogP) is 2.17. The molecule has 2 amide bonds. The molecule has 2 heterocycles. The third-order valence-corrected chi connectivity index (χ3v) is 5.51. The Morgan fingerprint density at radius 1 is 1.10 bits per heavy atom. The molecule has 1 atom stereocenters. The van der Waals surface area contributed by atoms with E-state index >= 15 is 0 Å². The molecule has 1 fully saturated rings. The minimum absolute atomic E-state index is 0.00218. The zero-order valence-corrected chi connectivity index (χ0v) is 17.2. The van der Waals surface area contributed by atoms with Crippen molar-refractivity contribution in [1.29, 1.82) is 0 Å². The van der Waals surface area contributed by atoms with Crippen molar-refractivity contribution in [3.63, 3.8) is 0 Å². The summed E-state index contributed by atoms with van der Waals surface area (Å²) in [4.78, 5) is 28.9. The highest BCUT2D eigenvalue weighted by molar-refractivity contribution is 5.95. The van der Waals surface area contributed by atoms with Gasteiger partial charge in [0.05, 0.1) is 25.7 Å². The summed E-state index contributed by atoms with van der Waals surface area (Å²) in [6, 6.07) is 15.5. The molecule has 7 nitrogen and oxygen atoms in total. The van der Waals surface area contributed by atoms with Crippen LogP contribution in [0.2, 0.25) is 0 Å². The van der Waals surface area contributed by atoms with Crippen molar-refractivity contribution in [1.82, 2.24) is 4.90 Å². The van der Waals surface area contributed by atoms with Crippen molar-refractivity contribution in [2.45, 2.75) is 6.42 Å². The highest BCUT2D eigenvalue weighted by Crippen LogP contribution is 2.27. The van der Waals surface area contributed by atoms with Gasteiger partial charge in [-0.15, -0.1) is 0 Å². The second-order valence-electron chi connectivity index (χ2n) is 7.71. The highest BCUT2D eigenvalue weighted by atomic mass is 16.5. The van der Waals surface area contributed by atoms with Crippen LogP contribution < -0.4 is 15.0 Å². The first kappa shape index (κ1) is 20.2. The lowest BCUT2D eigenvalue weighted by molar-refractivity contribution is -0.138. The van der Waals surface area contributed by atoms with Gasteiger partial charge in [0.2, 0.25) is 11.8 Å². The van der Waals surface area contributed by atoms with E-state index in [1.54, 1.807) is 7.05 Å². The summed E-state index contributed by atoms with van der Waals surface area (Å²) in [6.07, 6.45) is 0.629. The number of rotatable bonds is 5. The number of morpholine rings is 1. The smallest absolute Gasteiger partial charge is 0.243 e. The molecule has 30 heavy (non-hydrogen) atoms. The molecule has 2 aromatic carbocycles. The topological polar surface area (TPSA) is 71.1 Å². The molecule has 4 rings (SSSR count). The van der Waals surface area contributed by atoms with Crippen molar-refractivity contribution in [2.75, 3.05) is 56.7 Å². The van der Waals surface area contributed by atoms with Crippen molar-refractivity contribution in [2.24, 2.45) is 5.92 Å². The summed E-state index contributed by atoms with van der Waals surface area (Å²) in [5.74, 6) is 0.261. The molecule has 1 unspecified atom stereocenters. The number of carbonyl (C=O) groups excluding carboxylic acids is 2. The molecular formula is C23H27N3O4. The summed E-state index contributed by atoms with van der Waals surface area (Å²) >= 11 is 0. The number of para-hydroxylation sites is 1. The van der Waals surface area contributed by atoms with Crippen LogP contribution in [0.4, 0.5) is 11.4 Å². The van der Waals surface area contributed by atoms with Gasteiger partial charge in [-0.2, -0.15) is 0 Å². The molecule has 1 saturated heterocycles.